The lowest BCUT2D eigenvalue weighted by Gasteiger charge is -2.12. The van der Waals surface area contributed by atoms with Crippen molar-refractivity contribution in [1.29, 1.82) is 0 Å². The van der Waals surface area contributed by atoms with Crippen LogP contribution in [0.15, 0.2) is 127 Å². The van der Waals surface area contributed by atoms with E-state index < -0.39 is 0 Å². The van der Waals surface area contributed by atoms with Crippen molar-refractivity contribution in [3.63, 3.8) is 0 Å². The zero-order chi connectivity index (χ0) is 26.7. The highest BCUT2D eigenvalue weighted by Gasteiger charge is 2.22. The predicted molar refractivity (Wildman–Crippen MR) is 175 cm³/mol. The van der Waals surface area contributed by atoms with Gasteiger partial charge in [-0.1, -0.05) is 78.9 Å². The molecule has 4 heterocycles. The number of hydrogen-bond donors (Lipinski definition) is 0. The Labute approximate surface area is 238 Å². The molecule has 0 amide bonds. The van der Waals surface area contributed by atoms with Gasteiger partial charge in [-0.25, -0.2) is 4.98 Å². The van der Waals surface area contributed by atoms with Crippen molar-refractivity contribution in [2.45, 2.75) is 0 Å². The maximum absolute atomic E-state index is 5.31. The zero-order valence-electron chi connectivity index (χ0n) is 21.9. The molecule has 41 heavy (non-hydrogen) atoms. The van der Waals surface area contributed by atoms with E-state index in [4.69, 9.17) is 4.98 Å². The van der Waals surface area contributed by atoms with Crippen LogP contribution < -0.4 is 0 Å². The standard InChI is InChI=1S/C37H21N3S/c1-2-10-22(11-3-1)39-28-15-7-4-13-25(28)33-30(39)21-19-26-34-31(20-18-24-23-12-5-9-17-32(23)41-36(24)34)40-29-16-8-6-14-27(29)38-37(40)35(26)33/h1-21H. The van der Waals surface area contributed by atoms with Gasteiger partial charge in [0.15, 0.2) is 0 Å². The van der Waals surface area contributed by atoms with Crippen LogP contribution in [0.5, 0.6) is 0 Å². The molecule has 0 atom stereocenters. The van der Waals surface area contributed by atoms with E-state index in [-0.39, 0.29) is 0 Å². The summed E-state index contributed by atoms with van der Waals surface area (Å²) in [6, 6.07) is 46.0. The van der Waals surface area contributed by atoms with Crippen LogP contribution in [0.1, 0.15) is 0 Å². The van der Waals surface area contributed by atoms with E-state index in [2.05, 4.69) is 136 Å². The molecular weight excluding hydrogens is 518 g/mol. The van der Waals surface area contributed by atoms with E-state index in [1.54, 1.807) is 0 Å². The molecule has 10 rings (SSSR count). The molecule has 3 nitrogen and oxygen atoms in total. The topological polar surface area (TPSA) is 22.2 Å². The van der Waals surface area contributed by atoms with Gasteiger partial charge in [-0.05, 0) is 53.9 Å². The van der Waals surface area contributed by atoms with E-state index in [0.29, 0.717) is 0 Å². The van der Waals surface area contributed by atoms with E-state index >= 15 is 0 Å². The van der Waals surface area contributed by atoms with E-state index in [9.17, 15) is 0 Å². The number of hydrogen-bond acceptors (Lipinski definition) is 2. The summed E-state index contributed by atoms with van der Waals surface area (Å²) >= 11 is 1.89. The Morgan fingerprint density at radius 3 is 2.07 bits per heavy atom. The van der Waals surface area contributed by atoms with Crippen molar-refractivity contribution >= 4 is 91.7 Å². The van der Waals surface area contributed by atoms with Crippen LogP contribution in [0.3, 0.4) is 0 Å². The third-order valence-electron chi connectivity index (χ3n) is 8.67. The molecule has 190 valence electrons. The van der Waals surface area contributed by atoms with Gasteiger partial charge in [-0.15, -0.1) is 11.3 Å². The fourth-order valence-electron chi connectivity index (χ4n) is 7.02. The number of fused-ring (bicyclic) bond motifs is 16. The SMILES string of the molecule is c1ccc(-n2c3ccccc3c3c4c(ccc32)c2c3sc5ccccc5c3ccc2n2c3ccccc3nc42)cc1. The van der Waals surface area contributed by atoms with Crippen LogP contribution in [0.4, 0.5) is 0 Å². The smallest absolute Gasteiger partial charge is 0.147 e. The number of pyridine rings is 1. The van der Waals surface area contributed by atoms with Gasteiger partial charge in [-0.2, -0.15) is 0 Å². The molecule has 10 aromatic rings. The number of imidazole rings is 1. The number of nitrogens with zero attached hydrogens (tertiary/aromatic N) is 3. The Hall–Kier alpha value is -5.19. The monoisotopic (exact) mass is 539 g/mol. The second-order valence-electron chi connectivity index (χ2n) is 10.8. The highest BCUT2D eigenvalue weighted by Crippen LogP contribution is 2.46. The molecule has 0 unspecified atom stereocenters. The van der Waals surface area contributed by atoms with Gasteiger partial charge in [-0.3, -0.25) is 4.40 Å². The molecule has 4 aromatic heterocycles. The molecule has 0 bridgehead atoms. The Morgan fingerprint density at radius 2 is 1.17 bits per heavy atom. The summed E-state index contributed by atoms with van der Waals surface area (Å²) in [6.45, 7) is 0. The van der Waals surface area contributed by atoms with E-state index in [1.807, 2.05) is 11.3 Å². The third kappa shape index (κ3) is 2.70. The summed E-state index contributed by atoms with van der Waals surface area (Å²) < 4.78 is 7.44. The van der Waals surface area contributed by atoms with E-state index in [0.717, 1.165) is 22.4 Å². The van der Waals surface area contributed by atoms with Crippen molar-refractivity contribution in [3.05, 3.63) is 127 Å². The van der Waals surface area contributed by atoms with Crippen LogP contribution >= 0.6 is 11.3 Å². The Bertz CT molecular complexity index is 2690. The molecular formula is C37H21N3S. The average Bonchev–Trinajstić information content (AvgIpc) is 3.71. The minimum Gasteiger partial charge on any atom is -0.309 e. The van der Waals surface area contributed by atoms with Crippen molar-refractivity contribution in [2.24, 2.45) is 0 Å². The Morgan fingerprint density at radius 1 is 0.463 bits per heavy atom. The summed E-state index contributed by atoms with van der Waals surface area (Å²) in [5.41, 5.74) is 7.93. The van der Waals surface area contributed by atoms with Crippen molar-refractivity contribution in [3.8, 4) is 5.69 Å². The second-order valence-corrected chi connectivity index (χ2v) is 11.8. The molecule has 0 fully saturated rings. The van der Waals surface area contributed by atoms with Crippen LogP contribution in [0.25, 0.3) is 86.0 Å². The first kappa shape index (κ1) is 21.6. The summed E-state index contributed by atoms with van der Waals surface area (Å²) in [7, 11) is 0. The first-order valence-electron chi connectivity index (χ1n) is 13.9. The van der Waals surface area contributed by atoms with Crippen LogP contribution in [-0.4, -0.2) is 14.0 Å². The zero-order valence-corrected chi connectivity index (χ0v) is 22.7. The minimum absolute atomic E-state index is 1.01. The van der Waals surface area contributed by atoms with Gasteiger partial charge in [0.2, 0.25) is 0 Å². The molecule has 6 aromatic carbocycles. The van der Waals surface area contributed by atoms with Gasteiger partial charge in [0.25, 0.3) is 0 Å². The van der Waals surface area contributed by atoms with E-state index in [1.165, 1.54) is 63.7 Å². The van der Waals surface area contributed by atoms with Crippen molar-refractivity contribution in [2.75, 3.05) is 0 Å². The quantitative estimate of drug-likeness (QED) is 0.190. The predicted octanol–water partition coefficient (Wildman–Crippen LogP) is 10.3. The first-order chi connectivity index (χ1) is 20.4. The lowest BCUT2D eigenvalue weighted by Crippen LogP contribution is -1.94. The number of aromatic nitrogens is 3. The molecule has 0 spiro atoms. The van der Waals surface area contributed by atoms with Crippen LogP contribution in [0, 0.1) is 0 Å². The van der Waals surface area contributed by atoms with Gasteiger partial charge in [0.1, 0.15) is 5.65 Å². The Kier molecular flexibility index (Phi) is 4.07. The van der Waals surface area contributed by atoms with Crippen molar-refractivity contribution in [1.82, 2.24) is 14.0 Å². The molecule has 0 radical (unpaired) electrons. The van der Waals surface area contributed by atoms with Crippen LogP contribution in [0.2, 0.25) is 0 Å². The van der Waals surface area contributed by atoms with Gasteiger partial charge in [0, 0.05) is 47.4 Å². The van der Waals surface area contributed by atoms with Gasteiger partial charge < -0.3 is 4.57 Å². The third-order valence-corrected chi connectivity index (χ3v) is 9.88. The Balaban J connectivity index is 1.55. The highest BCUT2D eigenvalue weighted by molar-refractivity contribution is 7.26. The molecule has 0 saturated carbocycles. The molecule has 0 aliphatic carbocycles. The first-order valence-corrected chi connectivity index (χ1v) is 14.7. The molecule has 0 aliphatic heterocycles. The summed E-state index contributed by atoms with van der Waals surface area (Å²) in [5.74, 6) is 0. The normalized spacial score (nSPS) is 12.4. The number of rotatable bonds is 1. The molecule has 0 N–H and O–H groups in total. The minimum atomic E-state index is 1.01. The van der Waals surface area contributed by atoms with Gasteiger partial charge in [0.05, 0.1) is 27.6 Å². The second kappa shape index (κ2) is 7.72. The molecule has 4 heteroatoms. The summed E-state index contributed by atoms with van der Waals surface area (Å²) in [6.07, 6.45) is 0. The summed E-state index contributed by atoms with van der Waals surface area (Å²) in [4.78, 5) is 5.31. The molecule has 0 aliphatic rings. The number of thiophene rings is 1. The lowest BCUT2D eigenvalue weighted by molar-refractivity contribution is 1.18. The average molecular weight is 540 g/mol. The van der Waals surface area contributed by atoms with Gasteiger partial charge >= 0.3 is 0 Å². The fraction of sp³-hybridized carbons (Fsp3) is 0. The lowest BCUT2D eigenvalue weighted by atomic mass is 9.99. The fourth-order valence-corrected chi connectivity index (χ4v) is 8.28. The highest BCUT2D eigenvalue weighted by atomic mass is 32.1. The largest absolute Gasteiger partial charge is 0.309 e. The molecule has 0 saturated heterocycles. The van der Waals surface area contributed by atoms with Crippen molar-refractivity contribution < 1.29 is 0 Å². The number of benzene rings is 6. The summed E-state index contributed by atoms with van der Waals surface area (Å²) in [5, 5.41) is 8.89. The van der Waals surface area contributed by atoms with Crippen LogP contribution in [-0.2, 0) is 0 Å². The maximum Gasteiger partial charge on any atom is 0.147 e. The maximum atomic E-state index is 5.31. The number of para-hydroxylation sites is 4.